The van der Waals surface area contributed by atoms with E-state index in [4.69, 9.17) is 5.14 Å². The molecule has 0 saturated heterocycles. The van der Waals surface area contributed by atoms with Crippen LogP contribution < -0.4 is 10.5 Å². The highest BCUT2D eigenvalue weighted by atomic mass is 32.2. The second kappa shape index (κ2) is 6.21. The molecule has 3 N–H and O–H groups in total. The molecule has 1 unspecified atom stereocenters. The molecule has 0 aromatic heterocycles. The Morgan fingerprint density at radius 1 is 1.15 bits per heavy atom. The topological polar surface area (TPSA) is 89.3 Å². The van der Waals surface area contributed by atoms with Gasteiger partial charge in [-0.05, 0) is 79.0 Å². The van der Waals surface area contributed by atoms with Gasteiger partial charge in [0.1, 0.15) is 0 Å². The summed E-state index contributed by atoms with van der Waals surface area (Å²) < 4.78 is 23.9. The molecule has 1 amide bonds. The molecule has 0 fully saturated rings. The third-order valence-electron chi connectivity index (χ3n) is 5.55. The van der Waals surface area contributed by atoms with Gasteiger partial charge in [0.15, 0.2) is 0 Å². The van der Waals surface area contributed by atoms with Gasteiger partial charge in [-0.3, -0.25) is 4.79 Å². The van der Waals surface area contributed by atoms with E-state index in [-0.39, 0.29) is 16.8 Å². The van der Waals surface area contributed by atoms with Gasteiger partial charge in [0.25, 0.3) is 5.91 Å². The number of nitrogens with one attached hydrogen (secondary N) is 1. The summed E-state index contributed by atoms with van der Waals surface area (Å²) in [6.45, 7) is 2.09. The molecule has 2 aliphatic carbocycles. The van der Waals surface area contributed by atoms with Crippen molar-refractivity contribution in [1.29, 1.82) is 0 Å². The fourth-order valence-electron chi connectivity index (χ4n) is 4.28. The molecule has 6 heteroatoms. The second-order valence-electron chi connectivity index (χ2n) is 7.22. The van der Waals surface area contributed by atoms with E-state index in [1.54, 1.807) is 0 Å². The van der Waals surface area contributed by atoms with Crippen LogP contribution in [0.15, 0.2) is 35.2 Å². The lowest BCUT2D eigenvalue weighted by Gasteiger charge is -2.16. The molecule has 1 atom stereocenters. The van der Waals surface area contributed by atoms with Crippen LogP contribution in [0, 0.1) is 6.92 Å². The van der Waals surface area contributed by atoms with E-state index in [2.05, 4.69) is 24.4 Å². The molecule has 4 rings (SSSR count). The van der Waals surface area contributed by atoms with Crippen molar-refractivity contribution in [1.82, 2.24) is 5.32 Å². The molecule has 2 aromatic rings. The van der Waals surface area contributed by atoms with Crippen LogP contribution in [0.4, 0.5) is 0 Å². The van der Waals surface area contributed by atoms with Crippen molar-refractivity contribution in [2.45, 2.75) is 50.0 Å². The van der Waals surface area contributed by atoms with Crippen LogP contribution in [-0.2, 0) is 29.3 Å². The Balaban J connectivity index is 1.66. The summed E-state index contributed by atoms with van der Waals surface area (Å²) in [7, 11) is -3.85. The summed E-state index contributed by atoms with van der Waals surface area (Å²) in [4.78, 5) is 12.9. The predicted octanol–water partition coefficient (Wildman–Crippen LogP) is 2.55. The fourth-order valence-corrected chi connectivity index (χ4v) is 5.15. The average molecular weight is 370 g/mol. The Bertz CT molecular complexity index is 1010. The summed E-state index contributed by atoms with van der Waals surface area (Å²) in [5.41, 5.74) is 5.77. The zero-order valence-electron chi connectivity index (χ0n) is 14.7. The Morgan fingerprint density at radius 3 is 2.73 bits per heavy atom. The van der Waals surface area contributed by atoms with Gasteiger partial charge in [0, 0.05) is 5.56 Å². The number of aryl methyl sites for hydroxylation is 2. The highest BCUT2D eigenvalue weighted by molar-refractivity contribution is 7.89. The van der Waals surface area contributed by atoms with Crippen molar-refractivity contribution >= 4 is 15.9 Å². The monoisotopic (exact) mass is 370 g/mol. The molecule has 0 bridgehead atoms. The van der Waals surface area contributed by atoms with Crippen molar-refractivity contribution < 1.29 is 13.2 Å². The highest BCUT2D eigenvalue weighted by Crippen LogP contribution is 2.34. The van der Waals surface area contributed by atoms with E-state index in [0.29, 0.717) is 12.0 Å². The van der Waals surface area contributed by atoms with E-state index in [1.165, 1.54) is 17.2 Å². The first-order valence-corrected chi connectivity index (χ1v) is 10.5. The molecular formula is C20H22N2O3S. The molecular weight excluding hydrogens is 348 g/mol. The van der Waals surface area contributed by atoms with E-state index < -0.39 is 10.0 Å². The SMILES string of the molecule is Cc1cccc2c1CCC2NC(=O)c1cc2c(c(S(N)(=O)=O)c1)CCC2. The number of sulfonamides is 1. The number of hydrogen-bond donors (Lipinski definition) is 2. The van der Waals surface area contributed by atoms with Gasteiger partial charge in [0.05, 0.1) is 10.9 Å². The minimum atomic E-state index is -3.85. The van der Waals surface area contributed by atoms with Crippen LogP contribution >= 0.6 is 0 Å². The average Bonchev–Trinajstić information content (AvgIpc) is 3.20. The lowest BCUT2D eigenvalue weighted by molar-refractivity contribution is 0.0936. The van der Waals surface area contributed by atoms with Crippen LogP contribution in [0.5, 0.6) is 0 Å². The Labute approximate surface area is 153 Å². The Kier molecular flexibility index (Phi) is 4.12. The lowest BCUT2D eigenvalue weighted by atomic mass is 10.0. The fraction of sp³-hybridized carbons (Fsp3) is 0.350. The summed E-state index contributed by atoms with van der Waals surface area (Å²) >= 11 is 0. The van der Waals surface area contributed by atoms with Crippen molar-refractivity contribution in [3.8, 4) is 0 Å². The molecule has 0 saturated carbocycles. The summed E-state index contributed by atoms with van der Waals surface area (Å²) in [5.74, 6) is -0.246. The van der Waals surface area contributed by atoms with E-state index in [1.807, 2.05) is 12.1 Å². The van der Waals surface area contributed by atoms with Crippen molar-refractivity contribution in [2.24, 2.45) is 5.14 Å². The van der Waals surface area contributed by atoms with Crippen molar-refractivity contribution in [3.63, 3.8) is 0 Å². The highest BCUT2D eigenvalue weighted by Gasteiger charge is 2.27. The van der Waals surface area contributed by atoms with Crippen LogP contribution in [0.3, 0.4) is 0 Å². The van der Waals surface area contributed by atoms with Gasteiger partial charge in [0.2, 0.25) is 10.0 Å². The minimum Gasteiger partial charge on any atom is -0.345 e. The first kappa shape index (κ1) is 17.2. The molecule has 26 heavy (non-hydrogen) atoms. The molecule has 0 radical (unpaired) electrons. The van der Waals surface area contributed by atoms with Gasteiger partial charge in [-0.25, -0.2) is 13.6 Å². The number of carbonyl (C=O) groups is 1. The maximum absolute atomic E-state index is 12.8. The maximum atomic E-state index is 12.8. The smallest absolute Gasteiger partial charge is 0.251 e. The third-order valence-corrected chi connectivity index (χ3v) is 6.53. The van der Waals surface area contributed by atoms with Crippen molar-refractivity contribution in [3.05, 3.63) is 63.7 Å². The number of rotatable bonds is 3. The number of benzene rings is 2. The van der Waals surface area contributed by atoms with Gasteiger partial charge < -0.3 is 5.32 Å². The normalized spacial score (nSPS) is 18.5. The zero-order valence-corrected chi connectivity index (χ0v) is 15.5. The Hall–Kier alpha value is -2.18. The van der Waals surface area contributed by atoms with Gasteiger partial charge in [-0.2, -0.15) is 0 Å². The number of nitrogens with two attached hydrogens (primary N) is 1. The molecule has 0 heterocycles. The molecule has 2 aromatic carbocycles. The van der Waals surface area contributed by atoms with Crippen LogP contribution in [-0.4, -0.2) is 14.3 Å². The number of primary sulfonamides is 1. The van der Waals surface area contributed by atoms with E-state index in [0.717, 1.165) is 42.4 Å². The van der Waals surface area contributed by atoms with Gasteiger partial charge in [-0.1, -0.05) is 18.2 Å². The number of hydrogen-bond acceptors (Lipinski definition) is 3. The maximum Gasteiger partial charge on any atom is 0.251 e. The van der Waals surface area contributed by atoms with Gasteiger partial charge >= 0.3 is 0 Å². The number of carbonyl (C=O) groups excluding carboxylic acids is 1. The lowest BCUT2D eigenvalue weighted by Crippen LogP contribution is -2.28. The summed E-state index contributed by atoms with van der Waals surface area (Å²) in [5, 5.41) is 8.46. The first-order valence-electron chi connectivity index (χ1n) is 8.92. The molecule has 5 nitrogen and oxygen atoms in total. The molecule has 2 aliphatic rings. The van der Waals surface area contributed by atoms with Crippen LogP contribution in [0.1, 0.15) is 57.1 Å². The Morgan fingerprint density at radius 2 is 1.96 bits per heavy atom. The summed E-state index contributed by atoms with van der Waals surface area (Å²) in [6, 6.07) is 9.36. The quantitative estimate of drug-likeness (QED) is 0.870. The third kappa shape index (κ3) is 2.93. The number of fused-ring (bicyclic) bond motifs is 2. The first-order chi connectivity index (χ1) is 12.3. The molecule has 0 spiro atoms. The largest absolute Gasteiger partial charge is 0.345 e. The molecule has 136 valence electrons. The summed E-state index contributed by atoms with van der Waals surface area (Å²) in [6.07, 6.45) is 4.17. The van der Waals surface area contributed by atoms with Crippen molar-refractivity contribution in [2.75, 3.05) is 0 Å². The predicted molar refractivity (Wildman–Crippen MR) is 99.5 cm³/mol. The standard InChI is InChI=1S/C20H22N2O3S/c1-12-4-2-7-17-15(12)8-9-18(17)22-20(23)14-10-13-5-3-6-16(13)19(11-14)26(21,24)25/h2,4,7,10-11,18H,3,5-6,8-9H2,1H3,(H,22,23)(H2,21,24,25). The second-order valence-corrected chi connectivity index (χ2v) is 8.75. The van der Waals surface area contributed by atoms with Crippen LogP contribution in [0.25, 0.3) is 0 Å². The molecule has 0 aliphatic heterocycles. The van der Waals surface area contributed by atoms with Gasteiger partial charge in [-0.15, -0.1) is 0 Å². The number of amides is 1. The van der Waals surface area contributed by atoms with E-state index >= 15 is 0 Å². The zero-order chi connectivity index (χ0) is 18.5. The van der Waals surface area contributed by atoms with E-state index in [9.17, 15) is 13.2 Å². The minimum absolute atomic E-state index is 0.0383. The van der Waals surface area contributed by atoms with Crippen LogP contribution in [0.2, 0.25) is 0 Å².